The van der Waals surface area contributed by atoms with Crippen LogP contribution < -0.4 is 10.1 Å². The van der Waals surface area contributed by atoms with E-state index in [1.807, 2.05) is 25.3 Å². The van der Waals surface area contributed by atoms with Crippen LogP contribution in [0.1, 0.15) is 21.1 Å². The Morgan fingerprint density at radius 3 is 2.48 bits per heavy atom. The van der Waals surface area contributed by atoms with E-state index in [0.29, 0.717) is 28.0 Å². The van der Waals surface area contributed by atoms with Crippen LogP contribution in [0.3, 0.4) is 0 Å². The van der Waals surface area contributed by atoms with Gasteiger partial charge in [-0.3, -0.25) is 4.79 Å². The zero-order valence-electron chi connectivity index (χ0n) is 15.6. The van der Waals surface area contributed by atoms with Crippen molar-refractivity contribution in [2.75, 3.05) is 5.32 Å². The van der Waals surface area contributed by atoms with E-state index >= 15 is 0 Å². The van der Waals surface area contributed by atoms with Crippen molar-refractivity contribution in [1.82, 2.24) is 20.0 Å². The van der Waals surface area contributed by atoms with Crippen molar-refractivity contribution in [1.29, 1.82) is 0 Å². The number of anilines is 1. The fraction of sp³-hybridized carbons (Fsp3) is 0.100. The summed E-state index contributed by atoms with van der Waals surface area (Å²) in [7, 11) is 0. The van der Waals surface area contributed by atoms with Gasteiger partial charge in [0.2, 0.25) is 5.88 Å². The van der Waals surface area contributed by atoms with Crippen molar-refractivity contribution in [2.24, 2.45) is 0 Å². The number of aromatic nitrogens is 4. The van der Waals surface area contributed by atoms with Crippen molar-refractivity contribution < 1.29 is 9.53 Å². The van der Waals surface area contributed by atoms with Crippen molar-refractivity contribution >= 4 is 38.9 Å². The Morgan fingerprint density at radius 2 is 1.90 bits per heavy atom. The molecule has 1 N–H and O–H groups in total. The number of rotatable bonds is 5. The van der Waals surface area contributed by atoms with E-state index in [4.69, 9.17) is 4.74 Å². The van der Waals surface area contributed by atoms with Crippen molar-refractivity contribution in [3.05, 3.63) is 74.6 Å². The number of benzene rings is 1. The van der Waals surface area contributed by atoms with Gasteiger partial charge in [-0.25, -0.2) is 4.68 Å². The maximum Gasteiger partial charge on any atom is 0.265 e. The molecular formula is C20H16BrN5O2S. The molecule has 0 aliphatic heterocycles. The average Bonchev–Trinajstić information content (AvgIpc) is 3.29. The number of carbonyl (C=O) groups excluding carboxylic acids is 1. The van der Waals surface area contributed by atoms with Gasteiger partial charge in [0.05, 0.1) is 10.6 Å². The highest BCUT2D eigenvalue weighted by atomic mass is 79.9. The Kier molecular flexibility index (Phi) is 5.41. The molecule has 0 unspecified atom stereocenters. The smallest absolute Gasteiger partial charge is 0.265 e. The second-order valence-corrected chi connectivity index (χ2v) is 8.11. The second-order valence-electron chi connectivity index (χ2n) is 6.28. The van der Waals surface area contributed by atoms with E-state index in [0.717, 1.165) is 15.9 Å². The monoisotopic (exact) mass is 469 g/mol. The van der Waals surface area contributed by atoms with Gasteiger partial charge >= 0.3 is 0 Å². The molecule has 7 nitrogen and oxygen atoms in total. The number of nitrogens with one attached hydrogen (secondary N) is 1. The van der Waals surface area contributed by atoms with Gasteiger partial charge in [0.1, 0.15) is 5.75 Å². The van der Waals surface area contributed by atoms with Crippen LogP contribution >= 0.6 is 27.3 Å². The first-order valence-electron chi connectivity index (χ1n) is 8.68. The number of aryl methyl sites for hydroxylation is 2. The third kappa shape index (κ3) is 4.52. The van der Waals surface area contributed by atoms with E-state index < -0.39 is 0 Å². The third-order valence-electron chi connectivity index (χ3n) is 3.98. The highest BCUT2D eigenvalue weighted by molar-refractivity contribution is 9.10. The summed E-state index contributed by atoms with van der Waals surface area (Å²) in [5.74, 6) is 1.44. The van der Waals surface area contributed by atoms with E-state index in [-0.39, 0.29) is 5.91 Å². The van der Waals surface area contributed by atoms with E-state index in [1.54, 1.807) is 47.1 Å². The summed E-state index contributed by atoms with van der Waals surface area (Å²) in [6, 6.07) is 14.4. The molecule has 4 aromatic rings. The first-order chi connectivity index (χ1) is 14.0. The summed E-state index contributed by atoms with van der Waals surface area (Å²) in [6.45, 7) is 3.89. The van der Waals surface area contributed by atoms with E-state index in [2.05, 4.69) is 36.5 Å². The number of ether oxygens (including phenoxy) is 1. The Bertz CT molecular complexity index is 1150. The maximum atomic E-state index is 12.2. The molecule has 0 radical (unpaired) electrons. The van der Waals surface area contributed by atoms with Crippen molar-refractivity contribution in [3.8, 4) is 17.4 Å². The number of amides is 1. The molecule has 0 fully saturated rings. The summed E-state index contributed by atoms with van der Waals surface area (Å²) < 4.78 is 8.35. The van der Waals surface area contributed by atoms with Crippen LogP contribution in [0, 0.1) is 13.8 Å². The molecule has 1 aromatic carbocycles. The molecule has 146 valence electrons. The van der Waals surface area contributed by atoms with Gasteiger partial charge in [0, 0.05) is 27.3 Å². The standard InChI is InChI=1S/C20H16BrN5O2S/c1-12-9-13(2)26(25-12)18-7-8-19(24-23-18)28-16-5-3-15(4-6-16)22-20(27)17-10-14(21)11-29-17/h3-11H,1-2H3,(H,22,27). The lowest BCUT2D eigenvalue weighted by Crippen LogP contribution is -2.09. The predicted octanol–water partition coefficient (Wildman–Crippen LogP) is 5.15. The first kappa shape index (κ1) is 19.3. The van der Waals surface area contributed by atoms with Crippen LogP contribution in [0.5, 0.6) is 11.6 Å². The highest BCUT2D eigenvalue weighted by Crippen LogP contribution is 2.24. The fourth-order valence-electron chi connectivity index (χ4n) is 2.69. The maximum absolute atomic E-state index is 12.2. The molecular weight excluding hydrogens is 454 g/mol. The Hall–Kier alpha value is -3.04. The molecule has 0 atom stereocenters. The molecule has 1 amide bonds. The molecule has 3 heterocycles. The van der Waals surface area contributed by atoms with Crippen LogP contribution in [0.4, 0.5) is 5.69 Å². The third-order valence-corrected chi connectivity index (χ3v) is 5.67. The molecule has 9 heteroatoms. The average molecular weight is 470 g/mol. The number of nitrogens with zero attached hydrogens (tertiary/aromatic N) is 4. The Morgan fingerprint density at radius 1 is 1.10 bits per heavy atom. The van der Waals surface area contributed by atoms with Gasteiger partial charge < -0.3 is 10.1 Å². The molecule has 4 rings (SSSR count). The normalized spacial score (nSPS) is 10.7. The zero-order valence-corrected chi connectivity index (χ0v) is 18.0. The lowest BCUT2D eigenvalue weighted by molar-refractivity contribution is 0.103. The quantitative estimate of drug-likeness (QED) is 0.437. The number of hydrogen-bond donors (Lipinski definition) is 1. The van der Waals surface area contributed by atoms with Gasteiger partial charge in [-0.15, -0.1) is 21.5 Å². The van der Waals surface area contributed by atoms with E-state index in [1.165, 1.54) is 11.3 Å². The largest absolute Gasteiger partial charge is 0.438 e. The zero-order chi connectivity index (χ0) is 20.4. The molecule has 0 saturated heterocycles. The van der Waals surface area contributed by atoms with Gasteiger partial charge in [-0.2, -0.15) is 5.10 Å². The van der Waals surface area contributed by atoms with Crippen LogP contribution in [-0.2, 0) is 0 Å². The summed E-state index contributed by atoms with van der Waals surface area (Å²) in [4.78, 5) is 12.8. The summed E-state index contributed by atoms with van der Waals surface area (Å²) in [5, 5.41) is 17.4. The predicted molar refractivity (Wildman–Crippen MR) is 115 cm³/mol. The summed E-state index contributed by atoms with van der Waals surface area (Å²) >= 11 is 4.73. The summed E-state index contributed by atoms with van der Waals surface area (Å²) in [5.41, 5.74) is 2.58. The molecule has 3 aromatic heterocycles. The van der Waals surface area contributed by atoms with Crippen molar-refractivity contribution in [3.63, 3.8) is 0 Å². The number of thiophene rings is 1. The van der Waals surface area contributed by atoms with Crippen LogP contribution in [0.2, 0.25) is 0 Å². The Balaban J connectivity index is 1.41. The lowest BCUT2D eigenvalue weighted by atomic mass is 10.3. The number of halogens is 1. The fourth-order valence-corrected chi connectivity index (χ4v) is 4.01. The topological polar surface area (TPSA) is 81.9 Å². The number of hydrogen-bond acceptors (Lipinski definition) is 6. The minimum Gasteiger partial charge on any atom is -0.438 e. The van der Waals surface area contributed by atoms with Crippen LogP contribution in [-0.4, -0.2) is 25.9 Å². The lowest BCUT2D eigenvalue weighted by Gasteiger charge is -2.07. The molecule has 0 spiro atoms. The van der Waals surface area contributed by atoms with E-state index in [9.17, 15) is 4.79 Å². The molecule has 29 heavy (non-hydrogen) atoms. The van der Waals surface area contributed by atoms with Gasteiger partial charge in [0.25, 0.3) is 5.91 Å². The van der Waals surface area contributed by atoms with Crippen LogP contribution in [0.15, 0.2) is 58.4 Å². The molecule has 0 bridgehead atoms. The minimum absolute atomic E-state index is 0.153. The minimum atomic E-state index is -0.153. The van der Waals surface area contributed by atoms with Gasteiger partial charge in [0.15, 0.2) is 5.82 Å². The summed E-state index contributed by atoms with van der Waals surface area (Å²) in [6.07, 6.45) is 0. The first-order valence-corrected chi connectivity index (χ1v) is 10.4. The highest BCUT2D eigenvalue weighted by Gasteiger charge is 2.10. The van der Waals surface area contributed by atoms with Crippen LogP contribution in [0.25, 0.3) is 5.82 Å². The molecule has 0 aliphatic carbocycles. The SMILES string of the molecule is Cc1cc(C)n(-c2ccc(Oc3ccc(NC(=O)c4cc(Br)cs4)cc3)nn2)n1. The van der Waals surface area contributed by atoms with Crippen molar-refractivity contribution in [2.45, 2.75) is 13.8 Å². The van der Waals surface area contributed by atoms with Gasteiger partial charge in [-0.1, -0.05) is 0 Å². The Labute approximate surface area is 179 Å². The van der Waals surface area contributed by atoms with Gasteiger partial charge in [-0.05, 0) is 72.2 Å². The molecule has 0 aliphatic rings. The number of carbonyl (C=O) groups is 1. The molecule has 0 saturated carbocycles. The second kappa shape index (κ2) is 8.14.